The van der Waals surface area contributed by atoms with Crippen molar-refractivity contribution in [2.45, 2.75) is 31.7 Å². The van der Waals surface area contributed by atoms with E-state index in [-0.39, 0.29) is 0 Å². The second-order valence-electron chi connectivity index (χ2n) is 6.36. The van der Waals surface area contributed by atoms with Gasteiger partial charge in [0.25, 0.3) is 0 Å². The van der Waals surface area contributed by atoms with E-state index in [0.29, 0.717) is 5.41 Å². The van der Waals surface area contributed by atoms with Crippen LogP contribution in [0.2, 0.25) is 0 Å². The van der Waals surface area contributed by atoms with Crippen LogP contribution in [0.1, 0.15) is 25.7 Å². The molecular formula is C14H27N3O. The summed E-state index contributed by atoms with van der Waals surface area (Å²) < 4.78 is 5.44. The van der Waals surface area contributed by atoms with E-state index in [1.54, 1.807) is 0 Å². The maximum Gasteiger partial charge on any atom is 0.0594 e. The molecule has 4 heteroatoms. The van der Waals surface area contributed by atoms with Crippen molar-refractivity contribution in [3.63, 3.8) is 0 Å². The normalized spacial score (nSPS) is 32.8. The molecule has 2 N–H and O–H groups in total. The fourth-order valence-corrected chi connectivity index (χ4v) is 3.64. The number of morpholine rings is 1. The number of ether oxygens (including phenoxy) is 1. The van der Waals surface area contributed by atoms with E-state index in [1.165, 1.54) is 45.3 Å². The minimum absolute atomic E-state index is 0.606. The molecule has 4 nitrogen and oxygen atoms in total. The quantitative estimate of drug-likeness (QED) is 0.776. The molecule has 1 atom stereocenters. The van der Waals surface area contributed by atoms with Gasteiger partial charge in [0.2, 0.25) is 0 Å². The summed E-state index contributed by atoms with van der Waals surface area (Å²) in [5.74, 6) is 0. The SMILES string of the molecule is NCCC1(CN2CCC(N3CCOCC3)C2)CC1. The summed E-state index contributed by atoms with van der Waals surface area (Å²) in [6.07, 6.45) is 5.39. The fraction of sp³-hybridized carbons (Fsp3) is 1.00. The lowest BCUT2D eigenvalue weighted by Gasteiger charge is -2.32. The Bertz CT molecular complexity index is 274. The minimum atomic E-state index is 0.606. The highest BCUT2D eigenvalue weighted by atomic mass is 16.5. The zero-order valence-corrected chi connectivity index (χ0v) is 11.4. The number of rotatable bonds is 5. The predicted octanol–water partition coefficient (Wildman–Crippen LogP) is 0.522. The van der Waals surface area contributed by atoms with Gasteiger partial charge in [-0.05, 0) is 44.2 Å². The lowest BCUT2D eigenvalue weighted by molar-refractivity contribution is 0.0181. The van der Waals surface area contributed by atoms with Gasteiger partial charge in [-0.15, -0.1) is 0 Å². The Balaban J connectivity index is 1.46. The van der Waals surface area contributed by atoms with Crippen molar-refractivity contribution in [2.24, 2.45) is 11.1 Å². The van der Waals surface area contributed by atoms with Gasteiger partial charge in [0.15, 0.2) is 0 Å². The molecule has 104 valence electrons. The molecular weight excluding hydrogens is 226 g/mol. The number of likely N-dealkylation sites (tertiary alicyclic amines) is 1. The van der Waals surface area contributed by atoms with Crippen LogP contribution >= 0.6 is 0 Å². The Morgan fingerprint density at radius 2 is 1.94 bits per heavy atom. The number of hydrogen-bond acceptors (Lipinski definition) is 4. The van der Waals surface area contributed by atoms with Crippen molar-refractivity contribution in [2.75, 3.05) is 52.5 Å². The average molecular weight is 253 g/mol. The summed E-state index contributed by atoms with van der Waals surface area (Å²) in [7, 11) is 0. The highest BCUT2D eigenvalue weighted by Gasteiger charge is 2.44. The lowest BCUT2D eigenvalue weighted by Crippen LogP contribution is -2.45. The van der Waals surface area contributed by atoms with Crippen LogP contribution in [0.3, 0.4) is 0 Å². The third-order valence-electron chi connectivity index (χ3n) is 5.00. The van der Waals surface area contributed by atoms with E-state index in [1.807, 2.05) is 0 Å². The predicted molar refractivity (Wildman–Crippen MR) is 72.6 cm³/mol. The molecule has 0 aromatic carbocycles. The summed E-state index contributed by atoms with van der Waals surface area (Å²) >= 11 is 0. The van der Waals surface area contributed by atoms with Crippen LogP contribution in [-0.4, -0.2) is 68.3 Å². The fourth-order valence-electron chi connectivity index (χ4n) is 3.64. The Morgan fingerprint density at radius 1 is 1.17 bits per heavy atom. The molecule has 18 heavy (non-hydrogen) atoms. The second-order valence-corrected chi connectivity index (χ2v) is 6.36. The molecule has 0 aromatic rings. The summed E-state index contributed by atoms with van der Waals surface area (Å²) in [4.78, 5) is 5.31. The molecule has 3 aliphatic rings. The van der Waals surface area contributed by atoms with E-state index in [4.69, 9.17) is 10.5 Å². The number of nitrogens with two attached hydrogens (primary N) is 1. The molecule has 1 saturated carbocycles. The smallest absolute Gasteiger partial charge is 0.0594 e. The summed E-state index contributed by atoms with van der Waals surface area (Å²) in [6.45, 7) is 8.83. The Morgan fingerprint density at radius 3 is 2.61 bits per heavy atom. The molecule has 0 bridgehead atoms. The summed E-state index contributed by atoms with van der Waals surface area (Å²) in [5.41, 5.74) is 6.34. The molecule has 0 radical (unpaired) electrons. The van der Waals surface area contributed by atoms with E-state index in [9.17, 15) is 0 Å². The highest BCUT2D eigenvalue weighted by molar-refractivity contribution is 4.97. The van der Waals surface area contributed by atoms with Gasteiger partial charge in [-0.2, -0.15) is 0 Å². The molecule has 2 aliphatic heterocycles. The van der Waals surface area contributed by atoms with Crippen molar-refractivity contribution >= 4 is 0 Å². The minimum Gasteiger partial charge on any atom is -0.379 e. The molecule has 0 spiro atoms. The van der Waals surface area contributed by atoms with Crippen LogP contribution in [0, 0.1) is 5.41 Å². The average Bonchev–Trinajstić information content (AvgIpc) is 2.99. The largest absolute Gasteiger partial charge is 0.379 e. The van der Waals surface area contributed by atoms with Gasteiger partial charge >= 0.3 is 0 Å². The lowest BCUT2D eigenvalue weighted by atomic mass is 10.0. The maximum absolute atomic E-state index is 5.73. The number of hydrogen-bond donors (Lipinski definition) is 1. The standard InChI is InChI=1S/C14H27N3O/c15-5-4-14(2-3-14)12-16-6-1-13(11-16)17-7-9-18-10-8-17/h13H,1-12,15H2. The van der Waals surface area contributed by atoms with E-state index in [2.05, 4.69) is 9.80 Å². The number of nitrogens with zero attached hydrogens (tertiary/aromatic N) is 2. The first-order valence-corrected chi connectivity index (χ1v) is 7.56. The van der Waals surface area contributed by atoms with E-state index >= 15 is 0 Å². The Hall–Kier alpha value is -0.160. The van der Waals surface area contributed by atoms with Gasteiger partial charge in [-0.3, -0.25) is 4.90 Å². The van der Waals surface area contributed by atoms with Crippen molar-refractivity contribution < 1.29 is 4.74 Å². The van der Waals surface area contributed by atoms with E-state index < -0.39 is 0 Å². The monoisotopic (exact) mass is 253 g/mol. The second kappa shape index (κ2) is 5.45. The van der Waals surface area contributed by atoms with Crippen LogP contribution in [0.25, 0.3) is 0 Å². The Labute approximate surface area is 110 Å². The maximum atomic E-state index is 5.73. The molecule has 1 unspecified atom stereocenters. The van der Waals surface area contributed by atoms with Gasteiger partial charge in [0.1, 0.15) is 0 Å². The van der Waals surface area contributed by atoms with E-state index in [0.717, 1.165) is 38.9 Å². The van der Waals surface area contributed by atoms with Gasteiger partial charge in [0.05, 0.1) is 13.2 Å². The third-order valence-corrected chi connectivity index (χ3v) is 5.00. The molecule has 2 heterocycles. The zero-order valence-electron chi connectivity index (χ0n) is 11.4. The van der Waals surface area contributed by atoms with Crippen molar-refractivity contribution in [1.29, 1.82) is 0 Å². The van der Waals surface area contributed by atoms with Crippen molar-refractivity contribution in [3.8, 4) is 0 Å². The molecule has 3 rings (SSSR count). The summed E-state index contributed by atoms with van der Waals surface area (Å²) in [6, 6.07) is 0.780. The first-order valence-electron chi connectivity index (χ1n) is 7.56. The highest BCUT2D eigenvalue weighted by Crippen LogP contribution is 2.49. The topological polar surface area (TPSA) is 41.7 Å². The van der Waals surface area contributed by atoms with Gasteiger partial charge < -0.3 is 15.4 Å². The summed E-state index contributed by atoms with van der Waals surface area (Å²) in [5, 5.41) is 0. The molecule has 0 amide bonds. The van der Waals surface area contributed by atoms with Crippen LogP contribution in [-0.2, 0) is 4.74 Å². The van der Waals surface area contributed by atoms with Gasteiger partial charge in [-0.1, -0.05) is 0 Å². The molecule has 0 aromatic heterocycles. The van der Waals surface area contributed by atoms with Crippen LogP contribution in [0.4, 0.5) is 0 Å². The Kier molecular flexibility index (Phi) is 3.89. The first-order chi connectivity index (χ1) is 8.81. The zero-order chi connectivity index (χ0) is 12.4. The van der Waals surface area contributed by atoms with Crippen molar-refractivity contribution in [3.05, 3.63) is 0 Å². The third kappa shape index (κ3) is 2.87. The van der Waals surface area contributed by atoms with Gasteiger partial charge in [0, 0.05) is 32.2 Å². The van der Waals surface area contributed by atoms with Gasteiger partial charge in [-0.25, -0.2) is 0 Å². The van der Waals surface area contributed by atoms with Crippen molar-refractivity contribution in [1.82, 2.24) is 9.80 Å². The van der Waals surface area contributed by atoms with Crippen LogP contribution < -0.4 is 5.73 Å². The van der Waals surface area contributed by atoms with Crippen LogP contribution in [0.15, 0.2) is 0 Å². The molecule has 2 saturated heterocycles. The molecule has 1 aliphatic carbocycles. The molecule has 3 fully saturated rings. The first kappa shape index (κ1) is 12.9. The van der Waals surface area contributed by atoms with Crippen LogP contribution in [0.5, 0.6) is 0 Å².